The van der Waals surface area contributed by atoms with Crippen LogP contribution in [0.2, 0.25) is 0 Å². The van der Waals surface area contributed by atoms with Crippen LogP contribution in [-0.2, 0) is 6.54 Å². The van der Waals surface area contributed by atoms with Crippen LogP contribution in [0.4, 0.5) is 4.79 Å². The van der Waals surface area contributed by atoms with Crippen molar-refractivity contribution in [3.63, 3.8) is 0 Å². The van der Waals surface area contributed by atoms with Crippen LogP contribution < -0.4 is 5.32 Å². The molecule has 1 saturated heterocycles. The van der Waals surface area contributed by atoms with Gasteiger partial charge in [-0.05, 0) is 31.7 Å². The predicted octanol–water partition coefficient (Wildman–Crippen LogP) is 1.99. The number of likely N-dealkylation sites (tertiary alicyclic amines) is 1. The Hall–Kier alpha value is -1.56. The Morgan fingerprint density at radius 3 is 2.78 bits per heavy atom. The average Bonchev–Trinajstić information content (AvgIpc) is 3.33. The zero-order chi connectivity index (χ0) is 15.6. The molecule has 1 saturated carbocycles. The SMILES string of the molecule is O=C(NC[C@@H]1CN(C2CCCC2)Cc2ccnn21)N1CCCC1. The molecular weight excluding hydrogens is 290 g/mol. The molecule has 2 aliphatic heterocycles. The summed E-state index contributed by atoms with van der Waals surface area (Å²) in [6, 6.07) is 3.18. The predicted molar refractivity (Wildman–Crippen MR) is 88.1 cm³/mol. The van der Waals surface area contributed by atoms with E-state index in [1.807, 2.05) is 11.1 Å². The zero-order valence-corrected chi connectivity index (χ0v) is 13.8. The first-order valence-electron chi connectivity index (χ1n) is 9.10. The second kappa shape index (κ2) is 6.51. The van der Waals surface area contributed by atoms with Gasteiger partial charge in [0.1, 0.15) is 0 Å². The maximum atomic E-state index is 12.2. The molecule has 23 heavy (non-hydrogen) atoms. The lowest BCUT2D eigenvalue weighted by Crippen LogP contribution is -2.47. The zero-order valence-electron chi connectivity index (χ0n) is 13.8. The summed E-state index contributed by atoms with van der Waals surface area (Å²) in [4.78, 5) is 16.8. The molecule has 1 aromatic heterocycles. The molecule has 1 aromatic rings. The molecule has 0 bridgehead atoms. The van der Waals surface area contributed by atoms with Crippen LogP contribution in [0.25, 0.3) is 0 Å². The molecule has 1 atom stereocenters. The molecule has 2 amide bonds. The maximum Gasteiger partial charge on any atom is 0.317 e. The van der Waals surface area contributed by atoms with Crippen LogP contribution in [0.5, 0.6) is 0 Å². The van der Waals surface area contributed by atoms with E-state index in [0.717, 1.165) is 45.1 Å². The van der Waals surface area contributed by atoms with Crippen molar-refractivity contribution in [2.75, 3.05) is 26.2 Å². The number of amides is 2. The van der Waals surface area contributed by atoms with Gasteiger partial charge in [0.2, 0.25) is 0 Å². The summed E-state index contributed by atoms with van der Waals surface area (Å²) in [6.07, 6.45) is 9.52. The van der Waals surface area contributed by atoms with Crippen molar-refractivity contribution < 1.29 is 4.79 Å². The number of carbonyl (C=O) groups is 1. The van der Waals surface area contributed by atoms with Crippen molar-refractivity contribution in [3.05, 3.63) is 18.0 Å². The van der Waals surface area contributed by atoms with Gasteiger partial charge in [0.05, 0.1) is 11.7 Å². The molecule has 4 rings (SSSR count). The van der Waals surface area contributed by atoms with Crippen LogP contribution in [0.15, 0.2) is 12.3 Å². The first kappa shape index (κ1) is 15.0. The fourth-order valence-electron chi connectivity index (χ4n) is 4.35. The van der Waals surface area contributed by atoms with E-state index in [1.54, 1.807) is 0 Å². The molecule has 1 N–H and O–H groups in total. The van der Waals surface area contributed by atoms with E-state index in [4.69, 9.17) is 0 Å². The third kappa shape index (κ3) is 3.09. The Balaban J connectivity index is 1.41. The van der Waals surface area contributed by atoms with Crippen molar-refractivity contribution in [3.8, 4) is 0 Å². The average molecular weight is 317 g/mol. The van der Waals surface area contributed by atoms with Crippen LogP contribution >= 0.6 is 0 Å². The van der Waals surface area contributed by atoms with E-state index in [1.165, 1.54) is 31.4 Å². The number of aromatic nitrogens is 2. The Bertz CT molecular complexity index is 545. The molecule has 0 spiro atoms. The molecular formula is C17H27N5O. The summed E-state index contributed by atoms with van der Waals surface area (Å²) >= 11 is 0. The number of rotatable bonds is 3. The second-order valence-electron chi connectivity index (χ2n) is 7.17. The van der Waals surface area contributed by atoms with Crippen LogP contribution in [-0.4, -0.2) is 57.8 Å². The smallest absolute Gasteiger partial charge is 0.317 e. The summed E-state index contributed by atoms with van der Waals surface area (Å²) in [6.45, 7) is 4.48. The highest BCUT2D eigenvalue weighted by atomic mass is 16.2. The number of carbonyl (C=O) groups excluding carboxylic acids is 1. The normalized spacial score (nSPS) is 25.7. The molecule has 2 fully saturated rings. The Kier molecular flexibility index (Phi) is 4.25. The number of nitrogens with zero attached hydrogens (tertiary/aromatic N) is 4. The summed E-state index contributed by atoms with van der Waals surface area (Å²) in [7, 11) is 0. The highest BCUT2D eigenvalue weighted by molar-refractivity contribution is 5.74. The van der Waals surface area contributed by atoms with E-state index < -0.39 is 0 Å². The minimum atomic E-state index is 0.0918. The van der Waals surface area contributed by atoms with Gasteiger partial charge < -0.3 is 10.2 Å². The molecule has 6 nitrogen and oxygen atoms in total. The minimum absolute atomic E-state index is 0.0918. The molecule has 126 valence electrons. The number of hydrogen-bond donors (Lipinski definition) is 1. The lowest BCUT2D eigenvalue weighted by atomic mass is 10.1. The van der Waals surface area contributed by atoms with Gasteiger partial charge in [0, 0.05) is 45.0 Å². The quantitative estimate of drug-likeness (QED) is 0.927. The standard InChI is InChI=1S/C17H27N5O/c23-17(20-9-3-4-10-20)18-11-16-13-21(14-5-1-2-6-14)12-15-7-8-19-22(15)16/h7-8,14,16H,1-6,9-13H2,(H,18,23)/t16-/m1/s1. The van der Waals surface area contributed by atoms with Crippen LogP contribution in [0, 0.1) is 0 Å². The lowest BCUT2D eigenvalue weighted by Gasteiger charge is -2.37. The minimum Gasteiger partial charge on any atom is -0.336 e. The van der Waals surface area contributed by atoms with Crippen molar-refractivity contribution in [2.24, 2.45) is 0 Å². The molecule has 0 radical (unpaired) electrons. The first-order valence-corrected chi connectivity index (χ1v) is 9.10. The number of urea groups is 1. The largest absolute Gasteiger partial charge is 0.336 e. The number of hydrogen-bond acceptors (Lipinski definition) is 3. The summed E-state index contributed by atoms with van der Waals surface area (Å²) in [5, 5.41) is 7.64. The van der Waals surface area contributed by atoms with E-state index in [2.05, 4.69) is 26.1 Å². The van der Waals surface area contributed by atoms with Gasteiger partial charge in [-0.3, -0.25) is 9.58 Å². The van der Waals surface area contributed by atoms with Gasteiger partial charge >= 0.3 is 6.03 Å². The number of fused-ring (bicyclic) bond motifs is 1. The highest BCUT2D eigenvalue weighted by Gasteiger charge is 2.31. The first-order chi connectivity index (χ1) is 11.3. The van der Waals surface area contributed by atoms with Gasteiger partial charge in [-0.15, -0.1) is 0 Å². The Morgan fingerprint density at radius 2 is 2.00 bits per heavy atom. The third-order valence-electron chi connectivity index (χ3n) is 5.63. The second-order valence-corrected chi connectivity index (χ2v) is 7.17. The third-order valence-corrected chi connectivity index (χ3v) is 5.63. The summed E-state index contributed by atoms with van der Waals surface area (Å²) in [5.41, 5.74) is 1.28. The fraction of sp³-hybridized carbons (Fsp3) is 0.765. The van der Waals surface area contributed by atoms with Crippen LogP contribution in [0.1, 0.15) is 50.3 Å². The van der Waals surface area contributed by atoms with Gasteiger partial charge in [-0.25, -0.2) is 4.79 Å². The van der Waals surface area contributed by atoms with Crippen LogP contribution in [0.3, 0.4) is 0 Å². The van der Waals surface area contributed by atoms with E-state index in [0.29, 0.717) is 6.54 Å². The fourth-order valence-corrected chi connectivity index (χ4v) is 4.35. The highest BCUT2D eigenvalue weighted by Crippen LogP contribution is 2.29. The molecule has 0 unspecified atom stereocenters. The van der Waals surface area contributed by atoms with E-state index in [9.17, 15) is 4.79 Å². The topological polar surface area (TPSA) is 53.4 Å². The molecule has 0 aromatic carbocycles. The summed E-state index contributed by atoms with van der Waals surface area (Å²) < 4.78 is 2.12. The van der Waals surface area contributed by atoms with E-state index >= 15 is 0 Å². The van der Waals surface area contributed by atoms with Gasteiger partial charge in [-0.2, -0.15) is 5.10 Å². The lowest BCUT2D eigenvalue weighted by molar-refractivity contribution is 0.122. The Morgan fingerprint density at radius 1 is 1.22 bits per heavy atom. The van der Waals surface area contributed by atoms with Crippen molar-refractivity contribution >= 4 is 6.03 Å². The van der Waals surface area contributed by atoms with Crippen molar-refractivity contribution in [1.82, 2.24) is 24.9 Å². The van der Waals surface area contributed by atoms with E-state index in [-0.39, 0.29) is 12.1 Å². The monoisotopic (exact) mass is 317 g/mol. The Labute approximate surface area is 137 Å². The van der Waals surface area contributed by atoms with Crippen molar-refractivity contribution in [2.45, 2.75) is 57.2 Å². The molecule has 3 heterocycles. The van der Waals surface area contributed by atoms with Crippen molar-refractivity contribution in [1.29, 1.82) is 0 Å². The van der Waals surface area contributed by atoms with Gasteiger partial charge in [0.15, 0.2) is 0 Å². The number of nitrogens with one attached hydrogen (secondary N) is 1. The molecule has 1 aliphatic carbocycles. The molecule has 3 aliphatic rings. The molecule has 6 heteroatoms. The van der Waals surface area contributed by atoms with Gasteiger partial charge in [-0.1, -0.05) is 12.8 Å². The maximum absolute atomic E-state index is 12.2. The summed E-state index contributed by atoms with van der Waals surface area (Å²) in [5.74, 6) is 0. The van der Waals surface area contributed by atoms with Gasteiger partial charge in [0.25, 0.3) is 0 Å².